The Kier molecular flexibility index (Phi) is 4.30. The highest BCUT2D eigenvalue weighted by molar-refractivity contribution is 5.37. The summed E-state index contributed by atoms with van der Waals surface area (Å²) in [4.78, 5) is 4.51. The van der Waals surface area contributed by atoms with E-state index in [2.05, 4.69) is 55.4 Å². The summed E-state index contributed by atoms with van der Waals surface area (Å²) in [6.07, 6.45) is 2.77. The molecule has 100 valence electrons. The van der Waals surface area contributed by atoms with Gasteiger partial charge in [-0.3, -0.25) is 10.8 Å². The predicted octanol–water partition coefficient (Wildman–Crippen LogP) is 2.81. The van der Waals surface area contributed by atoms with E-state index in [1.807, 2.05) is 12.3 Å². The molecule has 0 saturated carbocycles. The van der Waals surface area contributed by atoms with E-state index in [4.69, 9.17) is 5.84 Å². The number of nitrogens with zero attached hydrogens (tertiary/aromatic N) is 1. The Morgan fingerprint density at radius 2 is 1.89 bits per heavy atom. The quantitative estimate of drug-likeness (QED) is 0.652. The van der Waals surface area contributed by atoms with Crippen molar-refractivity contribution in [1.29, 1.82) is 0 Å². The SMILES string of the molecule is CCc1cccnc1C(NN)c1cc(C)cc(C)c1. The van der Waals surface area contributed by atoms with Crippen LogP contribution in [-0.4, -0.2) is 4.98 Å². The summed E-state index contributed by atoms with van der Waals surface area (Å²) in [7, 11) is 0. The molecule has 0 saturated heterocycles. The van der Waals surface area contributed by atoms with Crippen LogP contribution in [0, 0.1) is 13.8 Å². The molecule has 1 aromatic heterocycles. The zero-order valence-electron chi connectivity index (χ0n) is 11.8. The molecule has 0 bridgehead atoms. The number of pyridine rings is 1. The summed E-state index contributed by atoms with van der Waals surface area (Å²) >= 11 is 0. The molecule has 0 radical (unpaired) electrons. The highest BCUT2D eigenvalue weighted by Gasteiger charge is 2.17. The van der Waals surface area contributed by atoms with Gasteiger partial charge >= 0.3 is 0 Å². The minimum atomic E-state index is -0.0604. The molecule has 0 fully saturated rings. The topological polar surface area (TPSA) is 50.9 Å². The number of aromatic nitrogens is 1. The molecule has 1 heterocycles. The van der Waals surface area contributed by atoms with Crippen molar-refractivity contribution in [2.24, 2.45) is 5.84 Å². The van der Waals surface area contributed by atoms with Gasteiger partial charge in [-0.2, -0.15) is 0 Å². The van der Waals surface area contributed by atoms with Crippen LogP contribution in [0.2, 0.25) is 0 Å². The third-order valence-corrected chi connectivity index (χ3v) is 3.32. The highest BCUT2D eigenvalue weighted by Crippen LogP contribution is 2.24. The number of benzene rings is 1. The molecule has 1 unspecified atom stereocenters. The first-order valence-corrected chi connectivity index (χ1v) is 6.63. The molecule has 0 aliphatic heterocycles. The molecule has 0 aliphatic carbocycles. The molecule has 19 heavy (non-hydrogen) atoms. The summed E-state index contributed by atoms with van der Waals surface area (Å²) in [6.45, 7) is 6.34. The van der Waals surface area contributed by atoms with Crippen LogP contribution < -0.4 is 11.3 Å². The molecular weight excluding hydrogens is 234 g/mol. The fraction of sp³-hybridized carbons (Fsp3) is 0.312. The average molecular weight is 255 g/mol. The van der Waals surface area contributed by atoms with Crippen LogP contribution in [0.3, 0.4) is 0 Å². The van der Waals surface area contributed by atoms with Crippen LogP contribution in [0.15, 0.2) is 36.5 Å². The van der Waals surface area contributed by atoms with Crippen LogP contribution in [0.4, 0.5) is 0 Å². The van der Waals surface area contributed by atoms with Crippen molar-refractivity contribution >= 4 is 0 Å². The lowest BCUT2D eigenvalue weighted by molar-refractivity contribution is 0.613. The van der Waals surface area contributed by atoms with Crippen LogP contribution in [0.5, 0.6) is 0 Å². The Morgan fingerprint density at radius 3 is 2.47 bits per heavy atom. The van der Waals surface area contributed by atoms with Gasteiger partial charge in [0.1, 0.15) is 0 Å². The van der Waals surface area contributed by atoms with E-state index in [1.165, 1.54) is 16.7 Å². The maximum atomic E-state index is 5.77. The number of nitrogens with one attached hydrogen (secondary N) is 1. The molecule has 3 nitrogen and oxygen atoms in total. The molecule has 1 aromatic carbocycles. The third-order valence-electron chi connectivity index (χ3n) is 3.32. The molecule has 2 aromatic rings. The van der Waals surface area contributed by atoms with Gasteiger partial charge in [0, 0.05) is 6.20 Å². The minimum Gasteiger partial charge on any atom is -0.271 e. The zero-order valence-corrected chi connectivity index (χ0v) is 11.8. The fourth-order valence-electron chi connectivity index (χ4n) is 2.52. The number of hydrogen-bond donors (Lipinski definition) is 2. The van der Waals surface area contributed by atoms with Gasteiger partial charge in [-0.1, -0.05) is 42.3 Å². The van der Waals surface area contributed by atoms with Crippen molar-refractivity contribution in [3.63, 3.8) is 0 Å². The first-order chi connectivity index (χ1) is 9.15. The van der Waals surface area contributed by atoms with Crippen LogP contribution >= 0.6 is 0 Å². The smallest absolute Gasteiger partial charge is 0.0884 e. The van der Waals surface area contributed by atoms with Crippen molar-refractivity contribution in [2.45, 2.75) is 33.2 Å². The number of nitrogens with two attached hydrogens (primary N) is 1. The first kappa shape index (κ1) is 13.7. The van der Waals surface area contributed by atoms with Crippen molar-refractivity contribution in [2.75, 3.05) is 0 Å². The summed E-state index contributed by atoms with van der Waals surface area (Å²) < 4.78 is 0. The van der Waals surface area contributed by atoms with Crippen LogP contribution in [0.1, 0.15) is 40.9 Å². The minimum absolute atomic E-state index is 0.0604. The fourth-order valence-corrected chi connectivity index (χ4v) is 2.52. The second kappa shape index (κ2) is 5.95. The van der Waals surface area contributed by atoms with Gasteiger partial charge in [0.25, 0.3) is 0 Å². The van der Waals surface area contributed by atoms with Gasteiger partial charge in [-0.15, -0.1) is 0 Å². The molecule has 0 amide bonds. The molecule has 0 aliphatic rings. The molecule has 3 heteroatoms. The van der Waals surface area contributed by atoms with E-state index in [0.717, 1.165) is 17.7 Å². The molecule has 1 atom stereocenters. The standard InChI is InChI=1S/C16H21N3/c1-4-13-6-5-7-18-15(13)16(19-17)14-9-11(2)8-12(3)10-14/h5-10,16,19H,4,17H2,1-3H3. The lowest BCUT2D eigenvalue weighted by Crippen LogP contribution is -2.30. The van der Waals surface area contributed by atoms with E-state index in [9.17, 15) is 0 Å². The van der Waals surface area contributed by atoms with Gasteiger partial charge in [-0.05, 0) is 37.5 Å². The molecular formula is C16H21N3. The number of aryl methyl sites for hydroxylation is 3. The predicted molar refractivity (Wildman–Crippen MR) is 78.7 cm³/mol. The van der Waals surface area contributed by atoms with E-state index in [1.54, 1.807) is 0 Å². The summed E-state index contributed by atoms with van der Waals surface area (Å²) in [5.41, 5.74) is 8.78. The molecule has 3 N–H and O–H groups in total. The van der Waals surface area contributed by atoms with Gasteiger partial charge < -0.3 is 0 Å². The van der Waals surface area contributed by atoms with Crippen molar-refractivity contribution in [3.8, 4) is 0 Å². The summed E-state index contributed by atoms with van der Waals surface area (Å²) in [5, 5.41) is 0. The Bertz CT molecular complexity index is 543. The van der Waals surface area contributed by atoms with Crippen molar-refractivity contribution < 1.29 is 0 Å². The van der Waals surface area contributed by atoms with Gasteiger partial charge in [-0.25, -0.2) is 5.43 Å². The third kappa shape index (κ3) is 3.00. The lowest BCUT2D eigenvalue weighted by Gasteiger charge is -2.19. The Morgan fingerprint density at radius 1 is 1.21 bits per heavy atom. The maximum absolute atomic E-state index is 5.77. The van der Waals surface area contributed by atoms with E-state index >= 15 is 0 Å². The molecule has 2 rings (SSSR count). The van der Waals surface area contributed by atoms with E-state index in [-0.39, 0.29) is 6.04 Å². The van der Waals surface area contributed by atoms with E-state index < -0.39 is 0 Å². The number of hydrogen-bond acceptors (Lipinski definition) is 3. The first-order valence-electron chi connectivity index (χ1n) is 6.63. The van der Waals surface area contributed by atoms with Crippen LogP contribution in [0.25, 0.3) is 0 Å². The number of rotatable bonds is 4. The Hall–Kier alpha value is -1.71. The monoisotopic (exact) mass is 255 g/mol. The van der Waals surface area contributed by atoms with Gasteiger partial charge in [0.2, 0.25) is 0 Å². The van der Waals surface area contributed by atoms with Crippen molar-refractivity contribution in [3.05, 3.63) is 64.5 Å². The second-order valence-corrected chi connectivity index (χ2v) is 4.92. The molecule has 0 spiro atoms. The number of hydrazine groups is 1. The maximum Gasteiger partial charge on any atom is 0.0884 e. The van der Waals surface area contributed by atoms with Gasteiger partial charge in [0.05, 0.1) is 11.7 Å². The van der Waals surface area contributed by atoms with Crippen molar-refractivity contribution in [1.82, 2.24) is 10.4 Å². The normalized spacial score (nSPS) is 12.4. The summed E-state index contributed by atoms with van der Waals surface area (Å²) in [5.74, 6) is 5.77. The van der Waals surface area contributed by atoms with Crippen LogP contribution in [-0.2, 0) is 6.42 Å². The average Bonchev–Trinajstić information content (AvgIpc) is 2.39. The Labute approximate surface area is 114 Å². The van der Waals surface area contributed by atoms with E-state index in [0.29, 0.717) is 0 Å². The summed E-state index contributed by atoms with van der Waals surface area (Å²) in [6, 6.07) is 10.5. The highest BCUT2D eigenvalue weighted by atomic mass is 15.2. The Balaban J connectivity index is 2.49. The second-order valence-electron chi connectivity index (χ2n) is 4.92. The lowest BCUT2D eigenvalue weighted by atomic mass is 9.96. The van der Waals surface area contributed by atoms with Gasteiger partial charge in [0.15, 0.2) is 0 Å². The zero-order chi connectivity index (χ0) is 13.8. The largest absolute Gasteiger partial charge is 0.271 e.